The predicted octanol–water partition coefficient (Wildman–Crippen LogP) is 3.19. The topological polar surface area (TPSA) is 29.3 Å². The van der Waals surface area contributed by atoms with Gasteiger partial charge in [-0.05, 0) is 65.9 Å². The summed E-state index contributed by atoms with van der Waals surface area (Å²) in [7, 11) is 0. The number of benzene rings is 1. The normalized spacial score (nSPS) is 24.4. The molecule has 1 aromatic rings. The Hall–Kier alpha value is -0.540. The summed E-state index contributed by atoms with van der Waals surface area (Å²) in [4.78, 5) is 2.50. The maximum absolute atomic E-state index is 5.59. The van der Waals surface area contributed by atoms with Gasteiger partial charge in [-0.2, -0.15) is 0 Å². The van der Waals surface area contributed by atoms with Crippen LogP contribution in [0.3, 0.4) is 0 Å². The number of nitrogens with two attached hydrogens (primary N) is 1. The van der Waals surface area contributed by atoms with Gasteiger partial charge in [0.1, 0.15) is 0 Å². The van der Waals surface area contributed by atoms with Gasteiger partial charge in [0.05, 0.1) is 5.69 Å². The average molecular weight is 297 g/mol. The van der Waals surface area contributed by atoms with Gasteiger partial charge in [-0.15, -0.1) is 0 Å². The average Bonchev–Trinajstić information content (AvgIpc) is 2.58. The summed E-state index contributed by atoms with van der Waals surface area (Å²) in [5, 5.41) is 0. The smallest absolute Gasteiger partial charge is 0.0513 e. The highest BCUT2D eigenvalue weighted by molar-refractivity contribution is 9.10. The molecule has 0 radical (unpaired) electrons. The standard InChI is InChI=1S/C14H21BrN2/c1-10-7-11(2)17(9-10)14-4-3-12(5-6-16)8-13(14)15/h3-4,8,10-11H,5-7,9,16H2,1-2H3. The lowest BCUT2D eigenvalue weighted by Crippen LogP contribution is -2.27. The van der Waals surface area contributed by atoms with Gasteiger partial charge in [0.25, 0.3) is 0 Å². The van der Waals surface area contributed by atoms with E-state index in [1.165, 1.54) is 22.1 Å². The molecule has 2 rings (SSSR count). The van der Waals surface area contributed by atoms with Gasteiger partial charge in [0, 0.05) is 17.1 Å². The molecular formula is C14H21BrN2. The van der Waals surface area contributed by atoms with Gasteiger partial charge in [-0.25, -0.2) is 0 Å². The molecule has 1 aliphatic heterocycles. The van der Waals surface area contributed by atoms with Crippen molar-refractivity contribution < 1.29 is 0 Å². The molecule has 2 unspecified atom stereocenters. The van der Waals surface area contributed by atoms with E-state index < -0.39 is 0 Å². The van der Waals surface area contributed by atoms with E-state index >= 15 is 0 Å². The predicted molar refractivity (Wildman–Crippen MR) is 77.5 cm³/mol. The van der Waals surface area contributed by atoms with Gasteiger partial charge in [0.2, 0.25) is 0 Å². The molecule has 0 amide bonds. The van der Waals surface area contributed by atoms with Crippen LogP contribution >= 0.6 is 15.9 Å². The Morgan fingerprint density at radius 1 is 1.41 bits per heavy atom. The first-order valence-electron chi connectivity index (χ1n) is 6.37. The molecule has 2 nitrogen and oxygen atoms in total. The zero-order valence-corrected chi connectivity index (χ0v) is 12.2. The third-order valence-electron chi connectivity index (χ3n) is 3.54. The van der Waals surface area contributed by atoms with Crippen molar-refractivity contribution in [2.45, 2.75) is 32.7 Å². The molecule has 1 aliphatic rings. The summed E-state index contributed by atoms with van der Waals surface area (Å²) in [5.74, 6) is 0.792. The summed E-state index contributed by atoms with van der Waals surface area (Å²) in [6, 6.07) is 7.27. The van der Waals surface area contributed by atoms with E-state index in [1.54, 1.807) is 0 Å². The van der Waals surface area contributed by atoms with Crippen molar-refractivity contribution in [3.8, 4) is 0 Å². The molecule has 0 spiro atoms. The second-order valence-corrected chi connectivity index (χ2v) is 6.02. The number of rotatable bonds is 3. The third kappa shape index (κ3) is 2.83. The Kier molecular flexibility index (Phi) is 4.10. The van der Waals surface area contributed by atoms with Crippen LogP contribution in [0.4, 0.5) is 5.69 Å². The zero-order chi connectivity index (χ0) is 12.4. The van der Waals surface area contributed by atoms with Crippen molar-refractivity contribution in [3.63, 3.8) is 0 Å². The van der Waals surface area contributed by atoms with Crippen LogP contribution in [0, 0.1) is 5.92 Å². The largest absolute Gasteiger partial charge is 0.368 e. The van der Waals surface area contributed by atoms with E-state index in [0.29, 0.717) is 12.6 Å². The molecule has 0 aliphatic carbocycles. The minimum absolute atomic E-state index is 0.640. The molecule has 0 aromatic heterocycles. The summed E-state index contributed by atoms with van der Waals surface area (Å²) in [5.41, 5.74) is 8.22. The summed E-state index contributed by atoms with van der Waals surface area (Å²) >= 11 is 3.69. The summed E-state index contributed by atoms with van der Waals surface area (Å²) < 4.78 is 1.20. The van der Waals surface area contributed by atoms with E-state index in [2.05, 4.69) is 52.9 Å². The zero-order valence-electron chi connectivity index (χ0n) is 10.6. The highest BCUT2D eigenvalue weighted by Gasteiger charge is 2.27. The minimum atomic E-state index is 0.640. The number of halogens is 1. The van der Waals surface area contributed by atoms with Crippen molar-refractivity contribution in [1.29, 1.82) is 0 Å². The lowest BCUT2D eigenvalue weighted by atomic mass is 10.1. The van der Waals surface area contributed by atoms with Gasteiger partial charge in [-0.1, -0.05) is 13.0 Å². The Balaban J connectivity index is 2.21. The first-order chi connectivity index (χ1) is 8.11. The van der Waals surface area contributed by atoms with Gasteiger partial charge >= 0.3 is 0 Å². The lowest BCUT2D eigenvalue weighted by molar-refractivity contribution is 0.625. The van der Waals surface area contributed by atoms with Crippen LogP contribution in [0.15, 0.2) is 22.7 Å². The quantitative estimate of drug-likeness (QED) is 0.928. The second kappa shape index (κ2) is 5.40. The molecule has 0 saturated carbocycles. The highest BCUT2D eigenvalue weighted by atomic mass is 79.9. The minimum Gasteiger partial charge on any atom is -0.368 e. The molecule has 2 N–H and O–H groups in total. The molecule has 0 bridgehead atoms. The fraction of sp³-hybridized carbons (Fsp3) is 0.571. The van der Waals surface area contributed by atoms with Crippen LogP contribution in [0.25, 0.3) is 0 Å². The number of hydrogen-bond donors (Lipinski definition) is 1. The fourth-order valence-electron chi connectivity index (χ4n) is 2.74. The summed E-state index contributed by atoms with van der Waals surface area (Å²) in [6.07, 6.45) is 2.24. The summed E-state index contributed by atoms with van der Waals surface area (Å²) in [6.45, 7) is 6.51. The Morgan fingerprint density at radius 3 is 2.71 bits per heavy atom. The molecule has 1 fully saturated rings. The molecule has 1 saturated heterocycles. The SMILES string of the molecule is CC1CC(C)N(c2ccc(CCN)cc2Br)C1. The molecular weight excluding hydrogens is 276 g/mol. The van der Waals surface area contributed by atoms with Crippen LogP contribution in [0.5, 0.6) is 0 Å². The van der Waals surface area contributed by atoms with Crippen LogP contribution in [0.2, 0.25) is 0 Å². The van der Waals surface area contributed by atoms with Crippen molar-refractivity contribution in [2.24, 2.45) is 11.7 Å². The van der Waals surface area contributed by atoms with E-state index in [-0.39, 0.29) is 0 Å². The van der Waals surface area contributed by atoms with Crippen molar-refractivity contribution in [2.75, 3.05) is 18.0 Å². The van der Waals surface area contributed by atoms with E-state index in [0.717, 1.165) is 18.9 Å². The van der Waals surface area contributed by atoms with Gasteiger partial charge < -0.3 is 10.6 Å². The fourth-order valence-corrected chi connectivity index (χ4v) is 3.40. The number of nitrogens with zero attached hydrogens (tertiary/aromatic N) is 1. The lowest BCUT2D eigenvalue weighted by Gasteiger charge is -2.25. The molecule has 2 atom stereocenters. The molecule has 94 valence electrons. The monoisotopic (exact) mass is 296 g/mol. The molecule has 1 aromatic carbocycles. The maximum Gasteiger partial charge on any atom is 0.0513 e. The Labute approximate surface area is 112 Å². The van der Waals surface area contributed by atoms with Crippen molar-refractivity contribution >= 4 is 21.6 Å². The van der Waals surface area contributed by atoms with Crippen molar-refractivity contribution in [1.82, 2.24) is 0 Å². The van der Waals surface area contributed by atoms with E-state index in [4.69, 9.17) is 5.73 Å². The number of anilines is 1. The molecule has 1 heterocycles. The van der Waals surface area contributed by atoms with Crippen LogP contribution in [-0.2, 0) is 6.42 Å². The first-order valence-corrected chi connectivity index (χ1v) is 7.16. The second-order valence-electron chi connectivity index (χ2n) is 5.17. The number of hydrogen-bond acceptors (Lipinski definition) is 2. The highest BCUT2D eigenvalue weighted by Crippen LogP contribution is 2.34. The van der Waals surface area contributed by atoms with Gasteiger partial charge in [-0.3, -0.25) is 0 Å². The first kappa shape index (κ1) is 12.9. The Bertz CT molecular complexity index is 392. The van der Waals surface area contributed by atoms with E-state index in [1.807, 2.05) is 0 Å². The third-order valence-corrected chi connectivity index (χ3v) is 4.17. The van der Waals surface area contributed by atoms with E-state index in [9.17, 15) is 0 Å². The van der Waals surface area contributed by atoms with Crippen LogP contribution in [-0.4, -0.2) is 19.1 Å². The Morgan fingerprint density at radius 2 is 2.18 bits per heavy atom. The van der Waals surface area contributed by atoms with Gasteiger partial charge in [0.15, 0.2) is 0 Å². The van der Waals surface area contributed by atoms with Crippen LogP contribution < -0.4 is 10.6 Å². The maximum atomic E-state index is 5.59. The molecule has 17 heavy (non-hydrogen) atoms. The van der Waals surface area contributed by atoms with Crippen molar-refractivity contribution in [3.05, 3.63) is 28.2 Å². The van der Waals surface area contributed by atoms with Crippen LogP contribution in [0.1, 0.15) is 25.8 Å². The molecule has 3 heteroatoms.